The fourth-order valence-corrected chi connectivity index (χ4v) is 1.41. The molecule has 0 bridgehead atoms. The smallest absolute Gasteiger partial charge is 0.337 e. The molecule has 1 aromatic carbocycles. The standard InChI is InChI=1S/C8H6Cl2O2/c9-4-5-2-1-3-6(7(5)10)8(11)12/h1-3H,4H2,(H,11,12). The van der Waals surface area contributed by atoms with Crippen molar-refractivity contribution in [3.63, 3.8) is 0 Å². The number of alkyl halides is 1. The Morgan fingerprint density at radius 2 is 2.17 bits per heavy atom. The maximum atomic E-state index is 10.6. The van der Waals surface area contributed by atoms with Gasteiger partial charge in [0.15, 0.2) is 0 Å². The Hall–Kier alpha value is -0.730. The number of aromatic carboxylic acids is 1. The number of carboxylic acids is 1. The Labute approximate surface area is 79.7 Å². The van der Waals surface area contributed by atoms with Crippen LogP contribution in [0.2, 0.25) is 5.02 Å². The molecule has 1 rings (SSSR count). The van der Waals surface area contributed by atoms with E-state index in [1.54, 1.807) is 12.1 Å². The van der Waals surface area contributed by atoms with Gasteiger partial charge in [-0.15, -0.1) is 11.6 Å². The lowest BCUT2D eigenvalue weighted by Gasteiger charge is -2.02. The van der Waals surface area contributed by atoms with Crippen LogP contribution in [-0.4, -0.2) is 11.1 Å². The van der Waals surface area contributed by atoms with Crippen LogP contribution in [-0.2, 0) is 5.88 Å². The third-order valence-electron chi connectivity index (χ3n) is 1.45. The van der Waals surface area contributed by atoms with Crippen molar-refractivity contribution in [1.29, 1.82) is 0 Å². The molecule has 0 saturated heterocycles. The van der Waals surface area contributed by atoms with E-state index in [2.05, 4.69) is 0 Å². The highest BCUT2D eigenvalue weighted by atomic mass is 35.5. The summed E-state index contributed by atoms with van der Waals surface area (Å²) >= 11 is 11.3. The Morgan fingerprint density at radius 3 is 2.67 bits per heavy atom. The number of hydrogen-bond acceptors (Lipinski definition) is 1. The van der Waals surface area contributed by atoms with E-state index in [1.165, 1.54) is 6.07 Å². The molecule has 0 aliphatic heterocycles. The minimum atomic E-state index is -1.04. The highest BCUT2D eigenvalue weighted by Crippen LogP contribution is 2.22. The summed E-state index contributed by atoms with van der Waals surface area (Å²) in [7, 11) is 0. The lowest BCUT2D eigenvalue weighted by Crippen LogP contribution is -1.98. The van der Waals surface area contributed by atoms with E-state index in [4.69, 9.17) is 28.3 Å². The van der Waals surface area contributed by atoms with Gasteiger partial charge in [-0.1, -0.05) is 23.7 Å². The molecule has 0 spiro atoms. The fourth-order valence-electron chi connectivity index (χ4n) is 0.848. The molecular weight excluding hydrogens is 199 g/mol. The zero-order chi connectivity index (χ0) is 9.14. The zero-order valence-corrected chi connectivity index (χ0v) is 7.56. The van der Waals surface area contributed by atoms with Crippen molar-refractivity contribution < 1.29 is 9.90 Å². The van der Waals surface area contributed by atoms with E-state index in [-0.39, 0.29) is 16.5 Å². The lowest BCUT2D eigenvalue weighted by atomic mass is 10.1. The highest BCUT2D eigenvalue weighted by Gasteiger charge is 2.10. The monoisotopic (exact) mass is 204 g/mol. The number of rotatable bonds is 2. The summed E-state index contributed by atoms with van der Waals surface area (Å²) in [6, 6.07) is 4.76. The molecule has 1 N–H and O–H groups in total. The SMILES string of the molecule is O=C(O)c1cccc(CCl)c1Cl. The lowest BCUT2D eigenvalue weighted by molar-refractivity contribution is 0.0697. The van der Waals surface area contributed by atoms with E-state index in [1.807, 2.05) is 0 Å². The number of carbonyl (C=O) groups is 1. The first-order valence-electron chi connectivity index (χ1n) is 3.23. The predicted octanol–water partition coefficient (Wildman–Crippen LogP) is 2.78. The van der Waals surface area contributed by atoms with Crippen molar-refractivity contribution in [2.24, 2.45) is 0 Å². The van der Waals surface area contributed by atoms with Gasteiger partial charge >= 0.3 is 5.97 Å². The summed E-state index contributed by atoms with van der Waals surface area (Å²) in [5.41, 5.74) is 0.730. The second kappa shape index (κ2) is 3.78. The summed E-state index contributed by atoms with van der Waals surface area (Å²) in [4.78, 5) is 10.6. The van der Waals surface area contributed by atoms with E-state index < -0.39 is 5.97 Å². The van der Waals surface area contributed by atoms with E-state index >= 15 is 0 Å². The molecule has 0 amide bonds. The van der Waals surface area contributed by atoms with Crippen LogP contribution < -0.4 is 0 Å². The van der Waals surface area contributed by atoms with Gasteiger partial charge < -0.3 is 5.11 Å². The number of hydrogen-bond donors (Lipinski definition) is 1. The average Bonchev–Trinajstić information content (AvgIpc) is 2.04. The summed E-state index contributed by atoms with van der Waals surface area (Å²) < 4.78 is 0. The molecule has 0 aliphatic rings. The van der Waals surface area contributed by atoms with Crippen LogP contribution in [0.25, 0.3) is 0 Å². The molecule has 64 valence electrons. The Balaban J connectivity index is 3.23. The number of benzene rings is 1. The van der Waals surface area contributed by atoms with Gasteiger partial charge in [0.25, 0.3) is 0 Å². The van der Waals surface area contributed by atoms with E-state index in [0.29, 0.717) is 5.56 Å². The van der Waals surface area contributed by atoms with Crippen LogP contribution in [0, 0.1) is 0 Å². The molecule has 0 saturated carbocycles. The van der Waals surface area contributed by atoms with E-state index in [9.17, 15) is 4.79 Å². The third kappa shape index (κ3) is 1.71. The third-order valence-corrected chi connectivity index (χ3v) is 2.19. The van der Waals surface area contributed by atoms with Crippen LogP contribution in [0.1, 0.15) is 15.9 Å². The van der Waals surface area contributed by atoms with Crippen LogP contribution in [0.4, 0.5) is 0 Å². The van der Waals surface area contributed by atoms with Crippen LogP contribution >= 0.6 is 23.2 Å². The van der Waals surface area contributed by atoms with Gasteiger partial charge in [-0.25, -0.2) is 4.79 Å². The first-order chi connectivity index (χ1) is 5.66. The minimum absolute atomic E-state index is 0.0924. The van der Waals surface area contributed by atoms with Gasteiger partial charge in [-0.2, -0.15) is 0 Å². The normalized spacial score (nSPS) is 9.83. The molecule has 0 unspecified atom stereocenters. The largest absolute Gasteiger partial charge is 0.478 e. The predicted molar refractivity (Wildman–Crippen MR) is 48.0 cm³/mol. The Bertz CT molecular complexity index is 310. The van der Waals surface area contributed by atoms with Gasteiger partial charge in [0.1, 0.15) is 0 Å². The summed E-state index contributed by atoms with van der Waals surface area (Å²) in [5, 5.41) is 8.88. The molecule has 0 aromatic heterocycles. The van der Waals surface area contributed by atoms with Gasteiger partial charge in [0, 0.05) is 5.88 Å². The molecule has 0 heterocycles. The maximum Gasteiger partial charge on any atom is 0.337 e. The van der Waals surface area contributed by atoms with Crippen molar-refractivity contribution in [3.05, 3.63) is 34.3 Å². The topological polar surface area (TPSA) is 37.3 Å². The van der Waals surface area contributed by atoms with Crippen molar-refractivity contribution in [2.75, 3.05) is 0 Å². The van der Waals surface area contributed by atoms with Gasteiger partial charge in [0.05, 0.1) is 10.6 Å². The van der Waals surface area contributed by atoms with Crippen LogP contribution in [0.15, 0.2) is 18.2 Å². The Kier molecular flexibility index (Phi) is 2.95. The molecule has 1 aromatic rings. The number of halogens is 2. The van der Waals surface area contributed by atoms with Gasteiger partial charge in [-0.3, -0.25) is 0 Å². The summed E-state index contributed by atoms with van der Waals surface area (Å²) in [6.45, 7) is 0. The molecule has 12 heavy (non-hydrogen) atoms. The molecule has 4 heteroatoms. The highest BCUT2D eigenvalue weighted by molar-refractivity contribution is 6.35. The molecule has 0 fully saturated rings. The number of carboxylic acid groups (broad SMARTS) is 1. The quantitative estimate of drug-likeness (QED) is 0.753. The van der Waals surface area contributed by atoms with Crippen molar-refractivity contribution in [1.82, 2.24) is 0 Å². The molecule has 2 nitrogen and oxygen atoms in total. The second-order valence-electron chi connectivity index (χ2n) is 2.22. The average molecular weight is 205 g/mol. The molecule has 0 aliphatic carbocycles. The zero-order valence-electron chi connectivity index (χ0n) is 6.05. The Morgan fingerprint density at radius 1 is 1.50 bits per heavy atom. The van der Waals surface area contributed by atoms with Gasteiger partial charge in [-0.05, 0) is 11.6 Å². The second-order valence-corrected chi connectivity index (χ2v) is 2.86. The summed E-state index contributed by atoms with van der Waals surface area (Å²) in [6.07, 6.45) is 0. The first-order valence-corrected chi connectivity index (χ1v) is 4.14. The minimum Gasteiger partial charge on any atom is -0.478 e. The molecular formula is C8H6Cl2O2. The van der Waals surface area contributed by atoms with Gasteiger partial charge in [0.2, 0.25) is 0 Å². The molecule has 0 radical (unpaired) electrons. The van der Waals surface area contributed by atoms with Crippen molar-refractivity contribution in [2.45, 2.75) is 5.88 Å². The maximum absolute atomic E-state index is 10.6. The van der Waals surface area contributed by atoms with Crippen molar-refractivity contribution >= 4 is 29.2 Å². The van der Waals surface area contributed by atoms with Crippen LogP contribution in [0.5, 0.6) is 0 Å². The van der Waals surface area contributed by atoms with Crippen LogP contribution in [0.3, 0.4) is 0 Å². The summed E-state index contributed by atoms with van der Waals surface area (Å²) in [5.74, 6) is -0.813. The fraction of sp³-hybridized carbons (Fsp3) is 0.125. The van der Waals surface area contributed by atoms with Crippen molar-refractivity contribution in [3.8, 4) is 0 Å². The first kappa shape index (κ1) is 9.36. The molecule has 0 atom stereocenters. The van der Waals surface area contributed by atoms with E-state index in [0.717, 1.165) is 0 Å².